The summed E-state index contributed by atoms with van der Waals surface area (Å²) in [6.45, 7) is 4.07. The minimum absolute atomic E-state index is 0.204. The van der Waals surface area contributed by atoms with Crippen molar-refractivity contribution in [2.45, 2.75) is 44.6 Å². The predicted molar refractivity (Wildman–Crippen MR) is 55.7 cm³/mol. The van der Waals surface area contributed by atoms with Gasteiger partial charge in [-0.25, -0.2) is 0 Å². The smallest absolute Gasteiger partial charge is 0.242 e. The van der Waals surface area contributed by atoms with Crippen LogP contribution in [0.15, 0.2) is 0 Å². The Morgan fingerprint density at radius 2 is 2.29 bits per heavy atom. The number of likely N-dealkylation sites (tertiary alicyclic amines) is 1. The van der Waals surface area contributed by atoms with Crippen molar-refractivity contribution in [3.63, 3.8) is 0 Å². The molecule has 1 aliphatic heterocycles. The number of nitrogens with zero attached hydrogens (tertiary/aromatic N) is 1. The lowest BCUT2D eigenvalue weighted by Gasteiger charge is -2.34. The topological polar surface area (TPSA) is 46.3 Å². The van der Waals surface area contributed by atoms with Crippen LogP contribution in [0, 0.1) is 5.92 Å². The van der Waals surface area contributed by atoms with Crippen molar-refractivity contribution in [1.29, 1.82) is 0 Å². The van der Waals surface area contributed by atoms with E-state index < -0.39 is 5.54 Å². The third-order valence-electron chi connectivity index (χ3n) is 3.60. The molecule has 1 aliphatic carbocycles. The zero-order chi connectivity index (χ0) is 10.2. The Labute approximate surface area is 85.6 Å². The van der Waals surface area contributed by atoms with Crippen LogP contribution in [0.1, 0.15) is 39.0 Å². The number of carbonyl (C=O) groups is 1. The molecule has 3 heteroatoms. The number of amides is 1. The molecule has 2 aliphatic rings. The van der Waals surface area contributed by atoms with Crippen LogP contribution in [-0.4, -0.2) is 29.4 Å². The molecule has 14 heavy (non-hydrogen) atoms. The first-order valence-electron chi connectivity index (χ1n) is 5.74. The molecule has 1 heterocycles. The van der Waals surface area contributed by atoms with Crippen molar-refractivity contribution in [2.75, 3.05) is 13.1 Å². The van der Waals surface area contributed by atoms with Gasteiger partial charge in [0, 0.05) is 13.1 Å². The van der Waals surface area contributed by atoms with Gasteiger partial charge < -0.3 is 10.6 Å². The predicted octanol–water partition coefficient (Wildman–Crippen LogP) is 1.13. The quantitative estimate of drug-likeness (QED) is 0.719. The van der Waals surface area contributed by atoms with E-state index in [4.69, 9.17) is 5.73 Å². The second kappa shape index (κ2) is 3.54. The van der Waals surface area contributed by atoms with Crippen LogP contribution in [0.3, 0.4) is 0 Å². The van der Waals surface area contributed by atoms with E-state index in [0.717, 1.165) is 32.4 Å². The molecule has 2 N–H and O–H groups in total. The van der Waals surface area contributed by atoms with Gasteiger partial charge in [0.2, 0.25) is 5.91 Å². The normalized spacial score (nSPS) is 30.1. The van der Waals surface area contributed by atoms with Gasteiger partial charge in [0.25, 0.3) is 0 Å². The van der Waals surface area contributed by atoms with E-state index in [1.165, 1.54) is 12.8 Å². The lowest BCUT2D eigenvalue weighted by Crippen LogP contribution is -2.49. The summed E-state index contributed by atoms with van der Waals surface area (Å²) in [6.07, 6.45) is 5.39. The lowest BCUT2D eigenvalue weighted by atomic mass is 9.95. The molecule has 2 rings (SSSR count). The molecule has 0 radical (unpaired) electrons. The average molecular weight is 196 g/mol. The van der Waals surface area contributed by atoms with Crippen molar-refractivity contribution in [3.8, 4) is 0 Å². The summed E-state index contributed by atoms with van der Waals surface area (Å²) in [5.41, 5.74) is 5.45. The highest BCUT2D eigenvalue weighted by atomic mass is 16.2. The Balaban J connectivity index is 1.93. The SMILES string of the molecule is CCC1CCCN(C(=O)C2(N)CC2)C1. The highest BCUT2D eigenvalue weighted by Gasteiger charge is 2.48. The monoisotopic (exact) mass is 196 g/mol. The molecule has 1 unspecified atom stereocenters. The molecule has 1 saturated carbocycles. The Morgan fingerprint density at radius 1 is 1.57 bits per heavy atom. The summed E-state index contributed by atoms with van der Waals surface area (Å²) < 4.78 is 0. The third kappa shape index (κ3) is 1.78. The summed E-state index contributed by atoms with van der Waals surface area (Å²) in [4.78, 5) is 13.9. The molecule has 3 nitrogen and oxygen atoms in total. The fourth-order valence-corrected chi connectivity index (χ4v) is 2.25. The molecule has 0 spiro atoms. The van der Waals surface area contributed by atoms with E-state index >= 15 is 0 Å². The lowest BCUT2D eigenvalue weighted by molar-refractivity contribution is -0.135. The Bertz CT molecular complexity index is 235. The molecular formula is C11H20N2O. The van der Waals surface area contributed by atoms with Crippen molar-refractivity contribution < 1.29 is 4.79 Å². The summed E-state index contributed by atoms with van der Waals surface area (Å²) in [5.74, 6) is 0.908. The largest absolute Gasteiger partial charge is 0.341 e. The standard InChI is InChI=1S/C11H20N2O/c1-2-9-4-3-7-13(8-9)10(14)11(12)5-6-11/h9H,2-8,12H2,1H3. The van der Waals surface area contributed by atoms with Crippen molar-refractivity contribution >= 4 is 5.91 Å². The van der Waals surface area contributed by atoms with Crippen molar-refractivity contribution in [2.24, 2.45) is 11.7 Å². The first-order valence-corrected chi connectivity index (χ1v) is 5.74. The number of piperidine rings is 1. The molecular weight excluding hydrogens is 176 g/mol. The van der Waals surface area contributed by atoms with Gasteiger partial charge >= 0.3 is 0 Å². The van der Waals surface area contributed by atoms with Crippen LogP contribution in [0.25, 0.3) is 0 Å². The van der Waals surface area contributed by atoms with Crippen LogP contribution in [0.5, 0.6) is 0 Å². The first-order chi connectivity index (χ1) is 6.65. The molecule has 2 fully saturated rings. The zero-order valence-corrected chi connectivity index (χ0v) is 8.96. The van der Waals surface area contributed by atoms with Gasteiger partial charge in [-0.15, -0.1) is 0 Å². The van der Waals surface area contributed by atoms with Gasteiger partial charge in [0.1, 0.15) is 0 Å². The van der Waals surface area contributed by atoms with Crippen LogP contribution in [-0.2, 0) is 4.79 Å². The zero-order valence-electron chi connectivity index (χ0n) is 8.96. The van der Waals surface area contributed by atoms with E-state index in [9.17, 15) is 4.79 Å². The summed E-state index contributed by atoms with van der Waals surface area (Å²) >= 11 is 0. The summed E-state index contributed by atoms with van der Waals surface area (Å²) in [5, 5.41) is 0. The maximum atomic E-state index is 11.9. The maximum Gasteiger partial charge on any atom is 0.242 e. The fourth-order valence-electron chi connectivity index (χ4n) is 2.25. The number of hydrogen-bond donors (Lipinski definition) is 1. The van der Waals surface area contributed by atoms with E-state index in [2.05, 4.69) is 6.92 Å². The van der Waals surface area contributed by atoms with E-state index in [-0.39, 0.29) is 5.91 Å². The number of nitrogens with two attached hydrogens (primary N) is 1. The van der Waals surface area contributed by atoms with Crippen LogP contribution < -0.4 is 5.73 Å². The van der Waals surface area contributed by atoms with Gasteiger partial charge in [-0.1, -0.05) is 13.3 Å². The van der Waals surface area contributed by atoms with Gasteiger partial charge in [-0.05, 0) is 31.6 Å². The first kappa shape index (κ1) is 9.97. The van der Waals surface area contributed by atoms with Crippen LogP contribution in [0.4, 0.5) is 0 Å². The highest BCUT2D eigenvalue weighted by Crippen LogP contribution is 2.35. The second-order valence-electron chi connectivity index (χ2n) is 4.82. The average Bonchev–Trinajstić information content (AvgIpc) is 2.97. The molecule has 0 aromatic carbocycles. The summed E-state index contributed by atoms with van der Waals surface area (Å²) in [7, 11) is 0. The minimum Gasteiger partial charge on any atom is -0.341 e. The Kier molecular flexibility index (Phi) is 2.52. The summed E-state index contributed by atoms with van der Waals surface area (Å²) in [6, 6.07) is 0. The molecule has 80 valence electrons. The van der Waals surface area contributed by atoms with E-state index in [1.54, 1.807) is 0 Å². The number of hydrogen-bond acceptors (Lipinski definition) is 2. The molecule has 1 saturated heterocycles. The van der Waals surface area contributed by atoms with E-state index in [1.807, 2.05) is 4.90 Å². The van der Waals surface area contributed by atoms with Gasteiger partial charge in [0.05, 0.1) is 5.54 Å². The number of carbonyl (C=O) groups excluding carboxylic acids is 1. The highest BCUT2D eigenvalue weighted by molar-refractivity contribution is 5.89. The Morgan fingerprint density at radius 3 is 2.86 bits per heavy atom. The van der Waals surface area contributed by atoms with Crippen LogP contribution >= 0.6 is 0 Å². The second-order valence-corrected chi connectivity index (χ2v) is 4.82. The van der Waals surface area contributed by atoms with Gasteiger partial charge in [-0.2, -0.15) is 0 Å². The molecule has 1 amide bonds. The van der Waals surface area contributed by atoms with Gasteiger partial charge in [-0.3, -0.25) is 4.79 Å². The minimum atomic E-state index is -0.463. The Hall–Kier alpha value is -0.570. The molecule has 0 aromatic heterocycles. The maximum absolute atomic E-state index is 11.9. The molecule has 0 aromatic rings. The fraction of sp³-hybridized carbons (Fsp3) is 0.909. The third-order valence-corrected chi connectivity index (χ3v) is 3.60. The molecule has 0 bridgehead atoms. The van der Waals surface area contributed by atoms with Gasteiger partial charge in [0.15, 0.2) is 0 Å². The van der Waals surface area contributed by atoms with Crippen molar-refractivity contribution in [3.05, 3.63) is 0 Å². The van der Waals surface area contributed by atoms with E-state index in [0.29, 0.717) is 5.92 Å². The number of rotatable bonds is 2. The molecule has 1 atom stereocenters. The van der Waals surface area contributed by atoms with Crippen LogP contribution in [0.2, 0.25) is 0 Å². The van der Waals surface area contributed by atoms with Crippen molar-refractivity contribution in [1.82, 2.24) is 4.90 Å².